The summed E-state index contributed by atoms with van der Waals surface area (Å²) in [5, 5.41) is 11.5. The van der Waals surface area contributed by atoms with Crippen LogP contribution in [0.3, 0.4) is 0 Å². The molecule has 0 fully saturated rings. The average molecular weight is 324 g/mol. The SMILES string of the molecule is C[C@@H]1CCc2c(Oc3ccc(-c4nnnn4C)cc3)ccc(F)c21. The van der Waals surface area contributed by atoms with Crippen molar-refractivity contribution in [3.8, 4) is 22.9 Å². The number of tetrazole rings is 1. The lowest BCUT2D eigenvalue weighted by atomic mass is 10.0. The molecule has 6 heteroatoms. The zero-order valence-electron chi connectivity index (χ0n) is 13.5. The van der Waals surface area contributed by atoms with Gasteiger partial charge in [0.15, 0.2) is 5.82 Å². The Hall–Kier alpha value is -2.76. The number of hydrogen-bond donors (Lipinski definition) is 0. The van der Waals surface area contributed by atoms with Gasteiger partial charge in [-0.25, -0.2) is 9.07 Å². The molecule has 3 aromatic rings. The van der Waals surface area contributed by atoms with E-state index in [1.54, 1.807) is 17.8 Å². The van der Waals surface area contributed by atoms with Crippen LogP contribution in [0.1, 0.15) is 30.4 Å². The summed E-state index contributed by atoms with van der Waals surface area (Å²) < 4.78 is 21.6. The predicted octanol–water partition coefficient (Wildman–Crippen LogP) is 3.86. The van der Waals surface area contributed by atoms with Crippen molar-refractivity contribution in [1.82, 2.24) is 20.2 Å². The molecule has 1 atom stereocenters. The number of halogens is 1. The van der Waals surface area contributed by atoms with Crippen molar-refractivity contribution in [2.45, 2.75) is 25.7 Å². The van der Waals surface area contributed by atoms with Gasteiger partial charge < -0.3 is 4.74 Å². The fourth-order valence-corrected chi connectivity index (χ4v) is 3.28. The highest BCUT2D eigenvalue weighted by Gasteiger charge is 2.25. The topological polar surface area (TPSA) is 52.8 Å². The molecule has 0 N–H and O–H groups in total. The first-order chi connectivity index (χ1) is 11.6. The third-order valence-corrected chi connectivity index (χ3v) is 4.54. The van der Waals surface area contributed by atoms with Crippen molar-refractivity contribution in [2.24, 2.45) is 7.05 Å². The molecule has 122 valence electrons. The number of ether oxygens (including phenoxy) is 1. The molecule has 2 aromatic carbocycles. The summed E-state index contributed by atoms with van der Waals surface area (Å²) in [7, 11) is 1.79. The van der Waals surface area contributed by atoms with E-state index in [9.17, 15) is 4.39 Å². The second-order valence-electron chi connectivity index (χ2n) is 6.13. The standard InChI is InChI=1S/C18H17FN4O/c1-11-3-8-14-16(10-9-15(19)17(11)14)24-13-6-4-12(5-7-13)18-20-21-22-23(18)2/h4-7,9-11H,3,8H2,1-2H3/t11-/m1/s1. The molecule has 0 radical (unpaired) electrons. The zero-order chi connectivity index (χ0) is 16.7. The first-order valence-corrected chi connectivity index (χ1v) is 7.95. The summed E-state index contributed by atoms with van der Waals surface area (Å²) in [5.74, 6) is 2.26. The van der Waals surface area contributed by atoms with E-state index in [1.165, 1.54) is 6.07 Å². The number of nitrogens with zero attached hydrogens (tertiary/aromatic N) is 4. The number of hydrogen-bond acceptors (Lipinski definition) is 4. The van der Waals surface area contributed by atoms with Crippen LogP contribution in [0, 0.1) is 5.82 Å². The highest BCUT2D eigenvalue weighted by molar-refractivity contribution is 5.56. The van der Waals surface area contributed by atoms with E-state index in [1.807, 2.05) is 24.3 Å². The first-order valence-electron chi connectivity index (χ1n) is 7.95. The van der Waals surface area contributed by atoms with Crippen LogP contribution in [0.2, 0.25) is 0 Å². The number of rotatable bonds is 3. The fourth-order valence-electron chi connectivity index (χ4n) is 3.28. The largest absolute Gasteiger partial charge is 0.457 e. The van der Waals surface area contributed by atoms with E-state index in [4.69, 9.17) is 4.74 Å². The third-order valence-electron chi connectivity index (χ3n) is 4.54. The van der Waals surface area contributed by atoms with E-state index in [0.717, 1.165) is 35.3 Å². The van der Waals surface area contributed by atoms with Crippen LogP contribution in [0.5, 0.6) is 11.5 Å². The molecule has 1 aromatic heterocycles. The molecule has 1 aliphatic carbocycles. The normalized spacial score (nSPS) is 16.2. The van der Waals surface area contributed by atoms with Crippen molar-refractivity contribution in [3.63, 3.8) is 0 Å². The molecule has 0 spiro atoms. The molecular weight excluding hydrogens is 307 g/mol. The number of aryl methyl sites for hydroxylation is 1. The first kappa shape index (κ1) is 14.8. The molecule has 0 amide bonds. The van der Waals surface area contributed by atoms with E-state index in [0.29, 0.717) is 11.6 Å². The van der Waals surface area contributed by atoms with Gasteiger partial charge in [0.25, 0.3) is 0 Å². The van der Waals surface area contributed by atoms with E-state index in [-0.39, 0.29) is 11.7 Å². The van der Waals surface area contributed by atoms with Gasteiger partial charge in [-0.3, -0.25) is 0 Å². The van der Waals surface area contributed by atoms with Gasteiger partial charge in [0.1, 0.15) is 17.3 Å². The molecule has 4 rings (SSSR count). The average Bonchev–Trinajstić information content (AvgIpc) is 3.18. The van der Waals surface area contributed by atoms with E-state index < -0.39 is 0 Å². The van der Waals surface area contributed by atoms with Crippen LogP contribution < -0.4 is 4.74 Å². The Labute approximate surface area is 139 Å². The van der Waals surface area contributed by atoms with Gasteiger partial charge in [0, 0.05) is 18.2 Å². The molecule has 0 unspecified atom stereocenters. The lowest BCUT2D eigenvalue weighted by Crippen LogP contribution is -1.96. The van der Waals surface area contributed by atoms with E-state index >= 15 is 0 Å². The Morgan fingerprint density at radius 2 is 1.96 bits per heavy atom. The molecule has 24 heavy (non-hydrogen) atoms. The predicted molar refractivity (Wildman–Crippen MR) is 87.4 cm³/mol. The summed E-state index contributed by atoms with van der Waals surface area (Å²) in [6.07, 6.45) is 1.82. The molecule has 1 heterocycles. The molecule has 0 saturated carbocycles. The Kier molecular flexibility index (Phi) is 3.52. The van der Waals surface area contributed by atoms with Gasteiger partial charge in [0.05, 0.1) is 0 Å². The van der Waals surface area contributed by atoms with Gasteiger partial charge in [-0.15, -0.1) is 5.10 Å². The van der Waals surface area contributed by atoms with Crippen LogP contribution >= 0.6 is 0 Å². The van der Waals surface area contributed by atoms with Crippen molar-refractivity contribution in [1.29, 1.82) is 0 Å². The summed E-state index contributed by atoms with van der Waals surface area (Å²) in [6.45, 7) is 2.06. The van der Waals surface area contributed by atoms with Crippen LogP contribution in [0.25, 0.3) is 11.4 Å². The molecule has 1 aliphatic rings. The monoisotopic (exact) mass is 324 g/mol. The van der Waals surface area contributed by atoms with Crippen molar-refractivity contribution in [3.05, 3.63) is 53.3 Å². The molecule has 0 saturated heterocycles. The van der Waals surface area contributed by atoms with Crippen LogP contribution in [0.15, 0.2) is 36.4 Å². The quantitative estimate of drug-likeness (QED) is 0.734. The lowest BCUT2D eigenvalue weighted by Gasteiger charge is -2.12. The van der Waals surface area contributed by atoms with Crippen molar-refractivity contribution in [2.75, 3.05) is 0 Å². The third kappa shape index (κ3) is 2.44. The number of fused-ring (bicyclic) bond motifs is 1. The van der Waals surface area contributed by atoms with Gasteiger partial charge in [-0.05, 0) is 71.1 Å². The maximum absolute atomic E-state index is 14.0. The molecule has 0 aliphatic heterocycles. The van der Waals surface area contributed by atoms with Gasteiger partial charge in [-0.2, -0.15) is 0 Å². The minimum Gasteiger partial charge on any atom is -0.457 e. The highest BCUT2D eigenvalue weighted by atomic mass is 19.1. The summed E-state index contributed by atoms with van der Waals surface area (Å²) in [6, 6.07) is 10.8. The number of benzene rings is 2. The summed E-state index contributed by atoms with van der Waals surface area (Å²) in [4.78, 5) is 0. The van der Waals surface area contributed by atoms with Gasteiger partial charge in [-0.1, -0.05) is 6.92 Å². The zero-order valence-corrected chi connectivity index (χ0v) is 13.5. The van der Waals surface area contributed by atoms with Crippen molar-refractivity contribution >= 4 is 0 Å². The summed E-state index contributed by atoms with van der Waals surface area (Å²) >= 11 is 0. The van der Waals surface area contributed by atoms with Gasteiger partial charge >= 0.3 is 0 Å². The Morgan fingerprint density at radius 3 is 2.67 bits per heavy atom. The Balaban J connectivity index is 1.62. The van der Waals surface area contributed by atoms with Crippen LogP contribution in [-0.2, 0) is 13.5 Å². The molecule has 5 nitrogen and oxygen atoms in total. The minimum atomic E-state index is -0.132. The Bertz CT molecular complexity index is 889. The van der Waals surface area contributed by atoms with E-state index in [2.05, 4.69) is 22.4 Å². The fraction of sp³-hybridized carbons (Fsp3) is 0.278. The maximum atomic E-state index is 14.0. The lowest BCUT2D eigenvalue weighted by molar-refractivity contribution is 0.474. The highest BCUT2D eigenvalue weighted by Crippen LogP contribution is 2.41. The second-order valence-corrected chi connectivity index (χ2v) is 6.13. The Morgan fingerprint density at radius 1 is 1.17 bits per heavy atom. The minimum absolute atomic E-state index is 0.132. The second kappa shape index (κ2) is 5.70. The van der Waals surface area contributed by atoms with Crippen LogP contribution in [0.4, 0.5) is 4.39 Å². The number of aromatic nitrogens is 4. The molecule has 0 bridgehead atoms. The summed E-state index contributed by atoms with van der Waals surface area (Å²) in [5.41, 5.74) is 2.70. The maximum Gasteiger partial charge on any atom is 0.181 e. The van der Waals surface area contributed by atoms with Gasteiger partial charge in [0.2, 0.25) is 0 Å². The smallest absolute Gasteiger partial charge is 0.181 e. The van der Waals surface area contributed by atoms with Crippen molar-refractivity contribution < 1.29 is 9.13 Å². The van der Waals surface area contributed by atoms with Crippen LogP contribution in [-0.4, -0.2) is 20.2 Å². The molecular formula is C18H17FN4O.